The van der Waals surface area contributed by atoms with E-state index in [0.717, 1.165) is 16.7 Å². The summed E-state index contributed by atoms with van der Waals surface area (Å²) < 4.78 is 0. The van der Waals surface area contributed by atoms with Crippen molar-refractivity contribution in [3.05, 3.63) is 28.8 Å². The summed E-state index contributed by atoms with van der Waals surface area (Å²) >= 11 is 0. The molecule has 9 nitrogen and oxygen atoms in total. The molecule has 38 heavy (non-hydrogen) atoms. The molecule has 0 atom stereocenters. The number of nitrogens with one attached hydrogen (secondary N) is 2. The van der Waals surface area contributed by atoms with Crippen molar-refractivity contribution in [2.24, 2.45) is 0 Å². The first kappa shape index (κ1) is 33.8. The molecule has 0 saturated heterocycles. The first-order valence-electron chi connectivity index (χ1n) is 13.1. The highest BCUT2D eigenvalue weighted by molar-refractivity contribution is 5.82. The highest BCUT2D eigenvalue weighted by atomic mass is 17.3. The molecule has 1 rings (SSSR count). The molecule has 0 spiro atoms. The van der Waals surface area contributed by atoms with Crippen LogP contribution in [0.5, 0.6) is 5.75 Å². The summed E-state index contributed by atoms with van der Waals surface area (Å²) in [5, 5.41) is 10.9. The lowest BCUT2D eigenvalue weighted by Gasteiger charge is -2.32. The van der Waals surface area contributed by atoms with Gasteiger partial charge in [-0.2, -0.15) is 9.78 Å². The van der Waals surface area contributed by atoms with Crippen molar-refractivity contribution in [3.8, 4) is 5.75 Å². The van der Waals surface area contributed by atoms with E-state index < -0.39 is 22.9 Å². The van der Waals surface area contributed by atoms with Gasteiger partial charge in [-0.1, -0.05) is 53.7 Å². The Kier molecular flexibility index (Phi) is 11.0. The third-order valence-electron chi connectivity index (χ3n) is 5.19. The third kappa shape index (κ3) is 12.1. The van der Waals surface area contributed by atoms with Gasteiger partial charge in [-0.15, -0.1) is 0 Å². The molecule has 1 aromatic carbocycles. The zero-order valence-electron chi connectivity index (χ0n) is 25.7. The van der Waals surface area contributed by atoms with Gasteiger partial charge in [0, 0.05) is 6.42 Å². The molecule has 0 unspecified atom stereocenters. The maximum atomic E-state index is 12.6. The van der Waals surface area contributed by atoms with E-state index in [2.05, 4.69) is 10.9 Å². The van der Waals surface area contributed by atoms with E-state index in [0.29, 0.717) is 12.2 Å². The number of hydrogen-bond acceptors (Lipinski definition) is 7. The van der Waals surface area contributed by atoms with Crippen LogP contribution in [0.4, 0.5) is 0 Å². The zero-order chi connectivity index (χ0) is 29.7. The van der Waals surface area contributed by atoms with E-state index in [9.17, 15) is 14.7 Å². The molecule has 0 bridgehead atoms. The fourth-order valence-electron chi connectivity index (χ4n) is 3.28. The van der Waals surface area contributed by atoms with Gasteiger partial charge >= 0.3 is 0 Å². The number of aromatic hydroxyl groups is 1. The third-order valence-corrected chi connectivity index (χ3v) is 5.19. The molecular formula is C29H50N2O7. The van der Waals surface area contributed by atoms with Crippen LogP contribution in [0.2, 0.25) is 0 Å². The lowest BCUT2D eigenvalue weighted by Crippen LogP contribution is -2.47. The first-order valence-corrected chi connectivity index (χ1v) is 13.1. The number of carbonyl (C=O) groups is 2. The average Bonchev–Trinajstić information content (AvgIpc) is 2.71. The van der Waals surface area contributed by atoms with Gasteiger partial charge in [0.15, 0.2) is 0 Å². The summed E-state index contributed by atoms with van der Waals surface area (Å²) in [6.07, 6.45) is 0.279. The molecule has 0 aromatic heterocycles. The molecule has 0 aliphatic heterocycles. The minimum absolute atomic E-state index is 0.142. The minimum Gasteiger partial charge on any atom is -0.507 e. The number of rotatable bonds is 9. The molecule has 0 saturated carbocycles. The monoisotopic (exact) mass is 538 g/mol. The number of phenols is 1. The first-order chi connectivity index (χ1) is 16.9. The quantitative estimate of drug-likeness (QED) is 0.211. The Balaban J connectivity index is 2.84. The molecule has 2 amide bonds. The van der Waals surface area contributed by atoms with Crippen LogP contribution in [0.15, 0.2) is 12.1 Å². The SMILES string of the molecule is CC(C)(C)OOC(C)(CC(=O)NNC(=O)CCc1cc(C(C)(C)C)c(O)c(C(C)(C)C)c1)OOC(C)(C)C. The molecule has 0 fully saturated rings. The van der Waals surface area contributed by atoms with Gasteiger partial charge in [-0.25, -0.2) is 9.78 Å². The summed E-state index contributed by atoms with van der Waals surface area (Å²) in [5.74, 6) is -2.18. The van der Waals surface area contributed by atoms with Gasteiger partial charge in [-0.05, 0) is 82.4 Å². The lowest BCUT2D eigenvalue weighted by molar-refractivity contribution is -0.535. The van der Waals surface area contributed by atoms with Crippen molar-refractivity contribution in [1.29, 1.82) is 0 Å². The predicted molar refractivity (Wildman–Crippen MR) is 147 cm³/mol. The van der Waals surface area contributed by atoms with Crippen LogP contribution in [0, 0.1) is 0 Å². The smallest absolute Gasteiger partial charge is 0.244 e. The van der Waals surface area contributed by atoms with Gasteiger partial charge in [0.2, 0.25) is 17.6 Å². The van der Waals surface area contributed by atoms with E-state index in [1.807, 2.05) is 53.7 Å². The maximum Gasteiger partial charge on any atom is 0.244 e. The lowest BCUT2D eigenvalue weighted by atomic mass is 9.78. The number of hydrazine groups is 1. The summed E-state index contributed by atoms with van der Waals surface area (Å²) in [6.45, 7) is 24.5. The topological polar surface area (TPSA) is 115 Å². The minimum atomic E-state index is -1.56. The average molecular weight is 539 g/mol. The molecule has 3 N–H and O–H groups in total. The van der Waals surface area contributed by atoms with Crippen LogP contribution in [0.1, 0.15) is 120 Å². The molecule has 0 radical (unpaired) electrons. The second-order valence-electron chi connectivity index (χ2n) is 14.0. The van der Waals surface area contributed by atoms with Crippen LogP contribution in [-0.4, -0.2) is 33.9 Å². The predicted octanol–water partition coefficient (Wildman–Crippen LogP) is 5.67. The Morgan fingerprint density at radius 1 is 0.684 bits per heavy atom. The van der Waals surface area contributed by atoms with Gasteiger partial charge < -0.3 is 5.11 Å². The van der Waals surface area contributed by atoms with Crippen molar-refractivity contribution in [2.75, 3.05) is 0 Å². The Hall–Kier alpha value is -2.20. The van der Waals surface area contributed by atoms with Crippen molar-refractivity contribution in [1.82, 2.24) is 10.9 Å². The van der Waals surface area contributed by atoms with Crippen molar-refractivity contribution >= 4 is 11.8 Å². The van der Waals surface area contributed by atoms with E-state index in [1.54, 1.807) is 41.5 Å². The molecule has 0 aliphatic carbocycles. The number of amides is 2. The molecule has 1 aromatic rings. The van der Waals surface area contributed by atoms with Crippen LogP contribution in [0.25, 0.3) is 0 Å². The molecule has 0 heterocycles. The highest BCUT2D eigenvalue weighted by Gasteiger charge is 2.36. The zero-order valence-corrected chi connectivity index (χ0v) is 25.7. The number of phenolic OH excluding ortho intramolecular Hbond substituents is 1. The Bertz CT molecular complexity index is 908. The maximum absolute atomic E-state index is 12.6. The summed E-state index contributed by atoms with van der Waals surface area (Å²) in [5.41, 5.74) is 5.63. The van der Waals surface area contributed by atoms with Gasteiger partial charge in [0.25, 0.3) is 0 Å². The standard InChI is InChI=1S/C29H50N2O7/c1-25(2,3)20-16-19(17-21(24(20)34)26(4,5)6)14-15-22(32)30-31-23(33)18-29(13,37-35-27(7,8)9)38-36-28(10,11)12/h16-17,34H,14-15,18H2,1-13H3,(H,30,32)(H,31,33). The summed E-state index contributed by atoms with van der Waals surface area (Å²) in [4.78, 5) is 46.7. The van der Waals surface area contributed by atoms with Crippen molar-refractivity contribution in [3.63, 3.8) is 0 Å². The van der Waals surface area contributed by atoms with E-state index in [4.69, 9.17) is 19.6 Å². The van der Waals surface area contributed by atoms with E-state index in [-0.39, 0.29) is 29.6 Å². The van der Waals surface area contributed by atoms with Gasteiger partial charge in [0.1, 0.15) is 5.75 Å². The van der Waals surface area contributed by atoms with E-state index >= 15 is 0 Å². The Morgan fingerprint density at radius 2 is 1.08 bits per heavy atom. The molecule has 9 heteroatoms. The fourth-order valence-corrected chi connectivity index (χ4v) is 3.28. The van der Waals surface area contributed by atoms with Crippen LogP contribution < -0.4 is 10.9 Å². The molecular weight excluding hydrogens is 488 g/mol. The number of hydrogen-bond donors (Lipinski definition) is 3. The second kappa shape index (κ2) is 12.3. The Morgan fingerprint density at radius 3 is 1.45 bits per heavy atom. The largest absolute Gasteiger partial charge is 0.507 e. The Labute approximate surface area is 228 Å². The highest BCUT2D eigenvalue weighted by Crippen LogP contribution is 2.40. The van der Waals surface area contributed by atoms with Crippen molar-refractivity contribution < 1.29 is 34.2 Å². The van der Waals surface area contributed by atoms with Gasteiger partial charge in [0.05, 0.1) is 17.6 Å². The number of aryl methyl sites for hydroxylation is 1. The van der Waals surface area contributed by atoms with Gasteiger partial charge in [-0.3, -0.25) is 20.4 Å². The van der Waals surface area contributed by atoms with Crippen molar-refractivity contribution in [2.45, 2.75) is 137 Å². The number of benzene rings is 1. The number of carbonyl (C=O) groups excluding carboxylic acids is 2. The fraction of sp³-hybridized carbons (Fsp3) is 0.724. The summed E-state index contributed by atoms with van der Waals surface area (Å²) in [7, 11) is 0. The van der Waals surface area contributed by atoms with Crippen LogP contribution in [0.3, 0.4) is 0 Å². The van der Waals surface area contributed by atoms with Crippen LogP contribution >= 0.6 is 0 Å². The normalized spacial score (nSPS) is 13.4. The van der Waals surface area contributed by atoms with Crippen LogP contribution in [-0.2, 0) is 46.4 Å². The van der Waals surface area contributed by atoms with E-state index in [1.165, 1.54) is 6.92 Å². The molecule has 218 valence electrons. The second-order valence-corrected chi connectivity index (χ2v) is 14.0. The summed E-state index contributed by atoms with van der Waals surface area (Å²) in [6, 6.07) is 3.89. The molecule has 0 aliphatic rings.